The summed E-state index contributed by atoms with van der Waals surface area (Å²) in [7, 11) is -3.25. The summed E-state index contributed by atoms with van der Waals surface area (Å²) in [5.41, 5.74) is 0.336. The molecule has 0 aromatic heterocycles. The predicted octanol–water partition coefficient (Wildman–Crippen LogP) is 2.46. The Hall–Kier alpha value is -0.460. The van der Waals surface area contributed by atoms with Gasteiger partial charge in [0.05, 0.1) is 17.1 Å². The molecule has 19 heavy (non-hydrogen) atoms. The van der Waals surface area contributed by atoms with Gasteiger partial charge in [0, 0.05) is 10.9 Å². The number of aliphatic hydroxyl groups excluding tert-OH is 1. The van der Waals surface area contributed by atoms with Crippen LogP contribution in [0.15, 0.2) is 22.7 Å². The maximum atomic E-state index is 13.6. The van der Waals surface area contributed by atoms with Crippen molar-refractivity contribution in [2.45, 2.75) is 37.0 Å². The van der Waals surface area contributed by atoms with Crippen molar-refractivity contribution in [2.75, 3.05) is 5.75 Å². The second-order valence-corrected chi connectivity index (χ2v) is 8.16. The van der Waals surface area contributed by atoms with Crippen LogP contribution in [-0.4, -0.2) is 30.6 Å². The van der Waals surface area contributed by atoms with E-state index < -0.39 is 27.0 Å². The molecule has 1 aliphatic heterocycles. The highest BCUT2D eigenvalue weighted by molar-refractivity contribution is 9.10. The maximum Gasteiger partial charge on any atom is 0.155 e. The van der Waals surface area contributed by atoms with Crippen molar-refractivity contribution in [3.63, 3.8) is 0 Å². The average molecular weight is 351 g/mol. The Labute approximate surface area is 120 Å². The molecule has 1 N–H and O–H groups in total. The van der Waals surface area contributed by atoms with Crippen LogP contribution in [0.5, 0.6) is 0 Å². The Morgan fingerprint density at radius 2 is 2.16 bits per heavy atom. The fourth-order valence-corrected chi connectivity index (χ4v) is 4.89. The fraction of sp³-hybridized carbons (Fsp3) is 0.538. The summed E-state index contributed by atoms with van der Waals surface area (Å²) in [6.07, 6.45) is 0.876. The average Bonchev–Trinajstić information content (AvgIpc) is 2.33. The van der Waals surface area contributed by atoms with Crippen molar-refractivity contribution in [3.05, 3.63) is 34.1 Å². The number of hydrogen-bond acceptors (Lipinski definition) is 3. The van der Waals surface area contributed by atoms with Crippen LogP contribution in [0.3, 0.4) is 0 Å². The molecule has 0 amide bonds. The maximum absolute atomic E-state index is 13.6. The first-order valence-electron chi connectivity index (χ1n) is 6.24. The van der Waals surface area contributed by atoms with E-state index in [1.807, 2.05) is 0 Å². The Balaban J connectivity index is 2.16. The number of halogens is 2. The van der Waals surface area contributed by atoms with Crippen LogP contribution in [0.2, 0.25) is 0 Å². The van der Waals surface area contributed by atoms with E-state index in [0.29, 0.717) is 22.9 Å². The van der Waals surface area contributed by atoms with Gasteiger partial charge < -0.3 is 5.11 Å². The highest BCUT2D eigenvalue weighted by atomic mass is 79.9. The van der Waals surface area contributed by atoms with E-state index in [0.717, 1.165) is 6.42 Å². The topological polar surface area (TPSA) is 54.4 Å². The van der Waals surface area contributed by atoms with Crippen LogP contribution in [0.1, 0.15) is 24.8 Å². The van der Waals surface area contributed by atoms with E-state index in [1.165, 1.54) is 6.07 Å². The van der Waals surface area contributed by atoms with Crippen molar-refractivity contribution in [1.82, 2.24) is 0 Å². The molecule has 1 aromatic rings. The standard InChI is InChI=1S/C13H16BrFO3S/c14-10-4-5-11(15)9(7-10)8-12(16)13-3-1-2-6-19(13,17)18/h4-5,7,12-13,16H,1-3,6,8H2. The van der Waals surface area contributed by atoms with E-state index >= 15 is 0 Å². The van der Waals surface area contributed by atoms with Gasteiger partial charge in [-0.3, -0.25) is 0 Å². The fourth-order valence-electron chi connectivity index (χ4n) is 2.47. The third kappa shape index (κ3) is 3.55. The lowest BCUT2D eigenvalue weighted by Gasteiger charge is -2.26. The summed E-state index contributed by atoms with van der Waals surface area (Å²) >= 11 is 3.24. The van der Waals surface area contributed by atoms with Gasteiger partial charge in [0.2, 0.25) is 0 Å². The van der Waals surface area contributed by atoms with Gasteiger partial charge in [0.15, 0.2) is 9.84 Å². The molecule has 0 radical (unpaired) electrons. The number of sulfone groups is 1. The Morgan fingerprint density at radius 1 is 1.42 bits per heavy atom. The molecule has 0 bridgehead atoms. The van der Waals surface area contributed by atoms with E-state index in [-0.39, 0.29) is 12.2 Å². The number of aliphatic hydroxyl groups is 1. The zero-order valence-electron chi connectivity index (χ0n) is 10.4. The monoisotopic (exact) mass is 350 g/mol. The summed E-state index contributed by atoms with van der Waals surface area (Å²) in [5, 5.41) is 9.35. The van der Waals surface area contributed by atoms with E-state index in [1.54, 1.807) is 12.1 Å². The normalized spacial score (nSPS) is 24.1. The molecule has 1 saturated heterocycles. The van der Waals surface area contributed by atoms with Crippen molar-refractivity contribution in [1.29, 1.82) is 0 Å². The molecule has 2 unspecified atom stereocenters. The summed E-state index contributed by atoms with van der Waals surface area (Å²) in [5.74, 6) is -0.300. The lowest BCUT2D eigenvalue weighted by molar-refractivity contribution is 0.161. The quantitative estimate of drug-likeness (QED) is 0.910. The molecule has 1 fully saturated rings. The summed E-state index contributed by atoms with van der Waals surface area (Å²) in [6, 6.07) is 4.46. The molecule has 1 aromatic carbocycles. The highest BCUT2D eigenvalue weighted by Crippen LogP contribution is 2.25. The Kier molecular flexibility index (Phi) is 4.63. The molecule has 1 aliphatic rings. The van der Waals surface area contributed by atoms with Crippen molar-refractivity contribution < 1.29 is 17.9 Å². The molecule has 6 heteroatoms. The van der Waals surface area contributed by atoms with Gasteiger partial charge in [0.25, 0.3) is 0 Å². The lowest BCUT2D eigenvalue weighted by atomic mass is 10.0. The molecule has 2 atom stereocenters. The minimum Gasteiger partial charge on any atom is -0.391 e. The highest BCUT2D eigenvalue weighted by Gasteiger charge is 2.34. The first-order valence-corrected chi connectivity index (χ1v) is 8.74. The van der Waals surface area contributed by atoms with Gasteiger partial charge in [-0.15, -0.1) is 0 Å². The van der Waals surface area contributed by atoms with Gasteiger partial charge in [-0.1, -0.05) is 22.4 Å². The first-order chi connectivity index (χ1) is 8.90. The van der Waals surface area contributed by atoms with Crippen molar-refractivity contribution >= 4 is 25.8 Å². The van der Waals surface area contributed by atoms with E-state index in [2.05, 4.69) is 15.9 Å². The van der Waals surface area contributed by atoms with Crippen LogP contribution in [0, 0.1) is 5.82 Å². The molecular formula is C13H16BrFO3S. The van der Waals surface area contributed by atoms with Gasteiger partial charge in [0.1, 0.15) is 5.82 Å². The molecule has 2 rings (SSSR count). The van der Waals surface area contributed by atoms with Gasteiger partial charge in [-0.25, -0.2) is 12.8 Å². The first kappa shape index (κ1) is 14.9. The van der Waals surface area contributed by atoms with E-state index in [4.69, 9.17) is 0 Å². The minimum atomic E-state index is -3.25. The SMILES string of the molecule is O=S1(=O)CCCCC1C(O)Cc1cc(Br)ccc1F. The summed E-state index contributed by atoms with van der Waals surface area (Å²) in [4.78, 5) is 0. The third-order valence-corrected chi connectivity index (χ3v) is 6.32. The molecule has 0 spiro atoms. The van der Waals surface area contributed by atoms with Gasteiger partial charge >= 0.3 is 0 Å². The Bertz CT molecular complexity index is 559. The van der Waals surface area contributed by atoms with E-state index in [9.17, 15) is 17.9 Å². The second kappa shape index (κ2) is 5.89. The molecule has 1 heterocycles. The molecule has 0 saturated carbocycles. The zero-order chi connectivity index (χ0) is 14.0. The molecule has 0 aliphatic carbocycles. The molecule has 3 nitrogen and oxygen atoms in total. The Morgan fingerprint density at radius 3 is 2.84 bits per heavy atom. The number of rotatable bonds is 3. The van der Waals surface area contributed by atoms with Gasteiger partial charge in [-0.2, -0.15) is 0 Å². The van der Waals surface area contributed by atoms with Crippen molar-refractivity contribution in [3.8, 4) is 0 Å². The van der Waals surface area contributed by atoms with Crippen LogP contribution in [0.25, 0.3) is 0 Å². The second-order valence-electron chi connectivity index (χ2n) is 4.91. The van der Waals surface area contributed by atoms with Crippen LogP contribution < -0.4 is 0 Å². The summed E-state index contributed by atoms with van der Waals surface area (Å²) < 4.78 is 38.1. The molecule has 106 valence electrons. The van der Waals surface area contributed by atoms with Crippen LogP contribution in [0.4, 0.5) is 4.39 Å². The lowest BCUT2D eigenvalue weighted by Crippen LogP contribution is -2.39. The predicted molar refractivity (Wildman–Crippen MR) is 75.2 cm³/mol. The minimum absolute atomic E-state index is 0.0230. The van der Waals surface area contributed by atoms with Gasteiger partial charge in [-0.05, 0) is 36.6 Å². The smallest absolute Gasteiger partial charge is 0.155 e. The van der Waals surface area contributed by atoms with Crippen LogP contribution in [-0.2, 0) is 16.3 Å². The number of benzene rings is 1. The van der Waals surface area contributed by atoms with Crippen LogP contribution >= 0.6 is 15.9 Å². The largest absolute Gasteiger partial charge is 0.391 e. The third-order valence-electron chi connectivity index (χ3n) is 3.49. The number of hydrogen-bond donors (Lipinski definition) is 1. The zero-order valence-corrected chi connectivity index (χ0v) is 12.8. The van der Waals surface area contributed by atoms with Crippen molar-refractivity contribution in [2.24, 2.45) is 0 Å². The molecular weight excluding hydrogens is 335 g/mol. The summed E-state index contributed by atoms with van der Waals surface area (Å²) in [6.45, 7) is 0.